The van der Waals surface area contributed by atoms with E-state index in [4.69, 9.17) is 39.6 Å². The first-order valence-corrected chi connectivity index (χ1v) is 8.93. The zero-order chi connectivity index (χ0) is 18.1. The third-order valence-corrected chi connectivity index (χ3v) is 4.94. The standard InChI is InChI=1S/C19H12Cl3N3O/c20-14-6-2-1-5-12(14)19-24-18-17(9-4-10-23-18)25(19)26-11-13-15(21)7-3-8-16(13)22/h1-10H,11H2. The molecule has 2 aromatic carbocycles. The van der Waals surface area contributed by atoms with Crippen LogP contribution in [0.1, 0.15) is 5.56 Å². The minimum Gasteiger partial charge on any atom is -0.407 e. The highest BCUT2D eigenvalue weighted by Crippen LogP contribution is 2.30. The Morgan fingerprint density at radius 1 is 0.846 bits per heavy atom. The molecule has 0 saturated carbocycles. The number of rotatable bonds is 4. The predicted octanol–water partition coefficient (Wildman–Crippen LogP) is 5.69. The van der Waals surface area contributed by atoms with Crippen molar-refractivity contribution in [1.29, 1.82) is 0 Å². The van der Waals surface area contributed by atoms with Crippen LogP contribution >= 0.6 is 34.8 Å². The third-order valence-electron chi connectivity index (χ3n) is 3.90. The summed E-state index contributed by atoms with van der Waals surface area (Å²) in [5, 5.41) is 1.65. The van der Waals surface area contributed by atoms with Crippen LogP contribution in [0.25, 0.3) is 22.6 Å². The average molecular weight is 405 g/mol. The summed E-state index contributed by atoms with van der Waals surface area (Å²) in [6.07, 6.45) is 1.68. The highest BCUT2D eigenvalue weighted by molar-refractivity contribution is 6.36. The molecule has 0 N–H and O–H groups in total. The Balaban J connectivity index is 1.81. The summed E-state index contributed by atoms with van der Waals surface area (Å²) < 4.78 is 1.61. The molecular formula is C19H12Cl3N3O. The van der Waals surface area contributed by atoms with E-state index in [0.29, 0.717) is 32.1 Å². The Morgan fingerprint density at radius 2 is 1.58 bits per heavy atom. The van der Waals surface area contributed by atoms with Crippen LogP contribution in [0.2, 0.25) is 15.1 Å². The van der Waals surface area contributed by atoms with Crippen LogP contribution in [0.15, 0.2) is 60.8 Å². The van der Waals surface area contributed by atoms with Gasteiger partial charge in [0.15, 0.2) is 11.5 Å². The molecule has 0 aliphatic carbocycles. The Morgan fingerprint density at radius 3 is 2.35 bits per heavy atom. The van der Waals surface area contributed by atoms with Gasteiger partial charge in [-0.05, 0) is 36.4 Å². The molecule has 0 saturated heterocycles. The predicted molar refractivity (Wildman–Crippen MR) is 105 cm³/mol. The molecule has 130 valence electrons. The summed E-state index contributed by atoms with van der Waals surface area (Å²) in [5.74, 6) is 0.562. The summed E-state index contributed by atoms with van der Waals surface area (Å²) in [7, 11) is 0. The van der Waals surface area contributed by atoms with Gasteiger partial charge in [-0.3, -0.25) is 0 Å². The van der Waals surface area contributed by atoms with Crippen molar-refractivity contribution in [2.75, 3.05) is 0 Å². The third kappa shape index (κ3) is 3.12. The van der Waals surface area contributed by atoms with E-state index in [1.807, 2.05) is 30.3 Å². The van der Waals surface area contributed by atoms with E-state index >= 15 is 0 Å². The second-order valence-corrected chi connectivity index (χ2v) is 6.75. The molecule has 2 aromatic heterocycles. The topological polar surface area (TPSA) is 39.9 Å². The zero-order valence-corrected chi connectivity index (χ0v) is 15.6. The Labute approximate surface area is 164 Å². The van der Waals surface area contributed by atoms with Crippen LogP contribution in [0.5, 0.6) is 0 Å². The van der Waals surface area contributed by atoms with Crippen molar-refractivity contribution in [1.82, 2.24) is 14.7 Å². The van der Waals surface area contributed by atoms with Gasteiger partial charge in [-0.25, -0.2) is 9.97 Å². The van der Waals surface area contributed by atoms with Crippen molar-refractivity contribution in [2.24, 2.45) is 0 Å². The molecule has 0 aliphatic heterocycles. The Kier molecular flexibility index (Phi) is 4.72. The molecule has 4 nitrogen and oxygen atoms in total. The van der Waals surface area contributed by atoms with Gasteiger partial charge in [0.1, 0.15) is 12.1 Å². The molecule has 7 heteroatoms. The lowest BCUT2D eigenvalue weighted by Crippen LogP contribution is -2.13. The highest BCUT2D eigenvalue weighted by Gasteiger charge is 2.17. The fraction of sp³-hybridized carbons (Fsp3) is 0.0526. The van der Waals surface area contributed by atoms with Gasteiger partial charge in [0, 0.05) is 27.4 Å². The number of halogens is 3. The van der Waals surface area contributed by atoms with E-state index in [9.17, 15) is 0 Å². The van der Waals surface area contributed by atoms with Crippen molar-refractivity contribution in [2.45, 2.75) is 6.61 Å². The number of fused-ring (bicyclic) bond motifs is 1. The van der Waals surface area contributed by atoms with Gasteiger partial charge in [-0.2, -0.15) is 4.73 Å². The molecule has 0 bridgehead atoms. The van der Waals surface area contributed by atoms with Crippen molar-refractivity contribution in [3.63, 3.8) is 0 Å². The minimum atomic E-state index is 0.177. The molecule has 0 radical (unpaired) electrons. The second-order valence-electron chi connectivity index (χ2n) is 5.53. The second kappa shape index (κ2) is 7.16. The normalized spacial score (nSPS) is 11.0. The molecule has 4 rings (SSSR count). The molecule has 0 fully saturated rings. The highest BCUT2D eigenvalue weighted by atomic mass is 35.5. The van der Waals surface area contributed by atoms with Gasteiger partial charge in [0.25, 0.3) is 0 Å². The first-order chi connectivity index (χ1) is 12.6. The first-order valence-electron chi connectivity index (χ1n) is 7.79. The van der Waals surface area contributed by atoms with E-state index in [1.165, 1.54) is 0 Å². The van der Waals surface area contributed by atoms with E-state index in [-0.39, 0.29) is 6.61 Å². The quantitative estimate of drug-likeness (QED) is 0.439. The van der Waals surface area contributed by atoms with Gasteiger partial charge in [-0.1, -0.05) is 53.0 Å². The van der Waals surface area contributed by atoms with Crippen LogP contribution in [-0.4, -0.2) is 14.7 Å². The van der Waals surface area contributed by atoms with Crippen molar-refractivity contribution < 1.29 is 4.84 Å². The van der Waals surface area contributed by atoms with Gasteiger partial charge < -0.3 is 4.84 Å². The lowest BCUT2D eigenvalue weighted by Gasteiger charge is -2.13. The maximum absolute atomic E-state index is 6.35. The van der Waals surface area contributed by atoms with Crippen LogP contribution in [0.3, 0.4) is 0 Å². The van der Waals surface area contributed by atoms with Gasteiger partial charge in [-0.15, -0.1) is 0 Å². The SMILES string of the molecule is Clc1ccccc1-c1nc2ncccc2n1OCc1c(Cl)cccc1Cl. The Hall–Kier alpha value is -2.27. The summed E-state index contributed by atoms with van der Waals surface area (Å²) >= 11 is 18.8. The van der Waals surface area contributed by atoms with Gasteiger partial charge in [0.2, 0.25) is 0 Å². The fourth-order valence-corrected chi connectivity index (χ4v) is 3.36. The number of aromatic nitrogens is 3. The number of imidazole rings is 1. The van der Waals surface area contributed by atoms with Crippen LogP contribution < -0.4 is 4.84 Å². The maximum atomic E-state index is 6.35. The average Bonchev–Trinajstić information content (AvgIpc) is 3.00. The molecule has 0 aliphatic rings. The molecule has 26 heavy (non-hydrogen) atoms. The zero-order valence-electron chi connectivity index (χ0n) is 13.4. The summed E-state index contributed by atoms with van der Waals surface area (Å²) in [6, 6.07) is 16.5. The molecular weight excluding hydrogens is 393 g/mol. The van der Waals surface area contributed by atoms with E-state index in [0.717, 1.165) is 11.1 Å². The lowest BCUT2D eigenvalue weighted by molar-refractivity contribution is 0.110. The molecule has 0 spiro atoms. The van der Waals surface area contributed by atoms with Crippen LogP contribution in [0, 0.1) is 0 Å². The summed E-state index contributed by atoms with van der Waals surface area (Å²) in [4.78, 5) is 14.9. The monoisotopic (exact) mass is 403 g/mol. The number of nitrogens with zero attached hydrogens (tertiary/aromatic N) is 3. The van der Waals surface area contributed by atoms with Crippen LogP contribution in [0.4, 0.5) is 0 Å². The largest absolute Gasteiger partial charge is 0.407 e. The van der Waals surface area contributed by atoms with Crippen LogP contribution in [-0.2, 0) is 6.61 Å². The molecule has 4 aromatic rings. The molecule has 0 unspecified atom stereocenters. The number of pyridine rings is 1. The van der Waals surface area contributed by atoms with Crippen molar-refractivity contribution in [3.8, 4) is 11.4 Å². The number of hydrogen-bond acceptors (Lipinski definition) is 3. The van der Waals surface area contributed by atoms with Crippen molar-refractivity contribution in [3.05, 3.63) is 81.4 Å². The van der Waals surface area contributed by atoms with Gasteiger partial charge >= 0.3 is 0 Å². The minimum absolute atomic E-state index is 0.177. The maximum Gasteiger partial charge on any atom is 0.181 e. The summed E-state index contributed by atoms with van der Waals surface area (Å²) in [5.41, 5.74) is 2.74. The number of benzene rings is 2. The van der Waals surface area contributed by atoms with Gasteiger partial charge in [0.05, 0.1) is 5.02 Å². The van der Waals surface area contributed by atoms with E-state index < -0.39 is 0 Å². The molecule has 0 atom stereocenters. The smallest absolute Gasteiger partial charge is 0.181 e. The lowest BCUT2D eigenvalue weighted by atomic mass is 10.2. The molecule has 2 heterocycles. The van der Waals surface area contributed by atoms with E-state index in [2.05, 4.69) is 9.97 Å². The fourth-order valence-electron chi connectivity index (χ4n) is 2.64. The first kappa shape index (κ1) is 17.2. The van der Waals surface area contributed by atoms with E-state index in [1.54, 1.807) is 35.2 Å². The molecule has 0 amide bonds. The number of hydrogen-bond donors (Lipinski definition) is 0. The summed E-state index contributed by atoms with van der Waals surface area (Å²) in [6.45, 7) is 0.177. The Bertz CT molecular complexity index is 1070. The van der Waals surface area contributed by atoms with Crippen molar-refractivity contribution >= 4 is 46.0 Å².